The monoisotopic (exact) mass is 466 g/mol. The molecule has 1 aromatic heterocycles. The summed E-state index contributed by atoms with van der Waals surface area (Å²) in [5.41, 5.74) is 3.86. The van der Waals surface area contributed by atoms with Gasteiger partial charge in [0.2, 0.25) is 5.88 Å². The van der Waals surface area contributed by atoms with Crippen LogP contribution in [-0.2, 0) is 4.74 Å². The minimum Gasteiger partial charge on any atom is -0.475 e. The van der Waals surface area contributed by atoms with Crippen LogP contribution in [0.25, 0.3) is 11.1 Å². The lowest BCUT2D eigenvalue weighted by molar-refractivity contribution is 0.122. The number of aryl methyl sites for hydroxylation is 1. The van der Waals surface area contributed by atoms with Gasteiger partial charge in [-0.25, -0.2) is 4.79 Å². The Kier molecular flexibility index (Phi) is 6.87. The minimum atomic E-state index is -0.0720. The van der Waals surface area contributed by atoms with E-state index in [1.165, 1.54) is 12.8 Å². The van der Waals surface area contributed by atoms with Crippen LogP contribution in [0.1, 0.15) is 24.8 Å². The van der Waals surface area contributed by atoms with Crippen molar-refractivity contribution in [1.29, 1.82) is 0 Å². The van der Waals surface area contributed by atoms with Crippen LogP contribution in [0, 0.1) is 18.8 Å². The van der Waals surface area contributed by atoms with Crippen LogP contribution in [0.2, 0.25) is 0 Å². The fourth-order valence-electron chi connectivity index (χ4n) is 4.96. The highest BCUT2D eigenvalue weighted by molar-refractivity contribution is 5.90. The summed E-state index contributed by atoms with van der Waals surface area (Å²) in [6, 6.07) is 9.95. The van der Waals surface area contributed by atoms with E-state index in [1.54, 1.807) is 0 Å². The van der Waals surface area contributed by atoms with Crippen molar-refractivity contribution in [2.24, 2.45) is 11.8 Å². The van der Waals surface area contributed by atoms with Crippen LogP contribution < -0.4 is 15.0 Å². The number of ether oxygens (including phenoxy) is 2. The molecule has 3 heterocycles. The number of benzene rings is 1. The molecule has 8 nitrogen and oxygen atoms in total. The van der Waals surface area contributed by atoms with Gasteiger partial charge in [-0.1, -0.05) is 6.07 Å². The third-order valence-electron chi connectivity index (χ3n) is 7.07. The van der Waals surface area contributed by atoms with E-state index < -0.39 is 0 Å². The summed E-state index contributed by atoms with van der Waals surface area (Å²) in [7, 11) is 0. The number of aromatic nitrogens is 1. The summed E-state index contributed by atoms with van der Waals surface area (Å²) < 4.78 is 11.2. The summed E-state index contributed by atoms with van der Waals surface area (Å²) >= 11 is 0. The van der Waals surface area contributed by atoms with Gasteiger partial charge in [0.1, 0.15) is 12.4 Å². The van der Waals surface area contributed by atoms with Gasteiger partial charge in [0, 0.05) is 37.9 Å². The predicted molar refractivity (Wildman–Crippen MR) is 131 cm³/mol. The van der Waals surface area contributed by atoms with E-state index in [0.717, 1.165) is 66.7 Å². The zero-order chi connectivity index (χ0) is 23.5. The molecule has 1 saturated carbocycles. The smallest absolute Gasteiger partial charge is 0.321 e. The van der Waals surface area contributed by atoms with Gasteiger partial charge in [0.05, 0.1) is 19.8 Å². The normalized spacial score (nSPS) is 20.5. The maximum Gasteiger partial charge on any atom is 0.321 e. The third-order valence-corrected chi connectivity index (χ3v) is 7.07. The first-order valence-corrected chi connectivity index (χ1v) is 12.4. The second-order valence-electron chi connectivity index (χ2n) is 9.52. The number of aliphatic hydroxyl groups excluding tert-OH is 1. The van der Waals surface area contributed by atoms with Gasteiger partial charge in [-0.15, -0.1) is 0 Å². The molecule has 0 unspecified atom stereocenters. The molecule has 34 heavy (non-hydrogen) atoms. The van der Waals surface area contributed by atoms with Gasteiger partial charge in [-0.05, 0) is 72.9 Å². The molecule has 2 N–H and O–H groups in total. The van der Waals surface area contributed by atoms with Crippen molar-refractivity contribution in [2.75, 3.05) is 62.8 Å². The Bertz CT molecular complexity index is 1020. The van der Waals surface area contributed by atoms with Crippen LogP contribution in [0.15, 0.2) is 30.3 Å². The summed E-state index contributed by atoms with van der Waals surface area (Å²) in [5, 5.41) is 12.3. The lowest BCUT2D eigenvalue weighted by Gasteiger charge is -2.28. The quantitative estimate of drug-likeness (QED) is 0.649. The number of morpholine rings is 1. The Labute approximate surface area is 200 Å². The number of likely N-dealkylation sites (tertiary alicyclic amines) is 1. The molecule has 2 saturated heterocycles. The van der Waals surface area contributed by atoms with Gasteiger partial charge < -0.3 is 29.7 Å². The number of hydrogen-bond donors (Lipinski definition) is 2. The van der Waals surface area contributed by atoms with E-state index in [2.05, 4.69) is 28.2 Å². The Morgan fingerprint density at radius 2 is 1.97 bits per heavy atom. The van der Waals surface area contributed by atoms with Crippen molar-refractivity contribution < 1.29 is 19.4 Å². The molecule has 1 atom stereocenters. The van der Waals surface area contributed by atoms with E-state index in [1.807, 2.05) is 29.2 Å². The zero-order valence-electron chi connectivity index (χ0n) is 19.8. The fraction of sp³-hybridized carbons (Fsp3) is 0.538. The number of pyridine rings is 1. The van der Waals surface area contributed by atoms with Crippen molar-refractivity contribution in [3.8, 4) is 17.0 Å². The first-order chi connectivity index (χ1) is 16.6. The fourth-order valence-corrected chi connectivity index (χ4v) is 4.96. The largest absolute Gasteiger partial charge is 0.475 e. The Hall–Kier alpha value is -2.84. The first-order valence-electron chi connectivity index (χ1n) is 12.4. The predicted octanol–water partition coefficient (Wildman–Crippen LogP) is 3.53. The Balaban J connectivity index is 1.37. The second-order valence-corrected chi connectivity index (χ2v) is 9.52. The number of nitrogens with zero attached hydrogens (tertiary/aromatic N) is 3. The highest BCUT2D eigenvalue weighted by atomic mass is 16.5. The van der Waals surface area contributed by atoms with Crippen LogP contribution >= 0.6 is 0 Å². The number of anilines is 2. The molecule has 182 valence electrons. The number of aliphatic hydroxyl groups is 1. The lowest BCUT2D eigenvalue weighted by Crippen LogP contribution is -2.36. The highest BCUT2D eigenvalue weighted by Gasteiger charge is 2.37. The number of amides is 2. The van der Waals surface area contributed by atoms with Crippen LogP contribution in [-0.4, -0.2) is 73.6 Å². The lowest BCUT2D eigenvalue weighted by atomic mass is 10.0. The van der Waals surface area contributed by atoms with Crippen LogP contribution in [0.4, 0.5) is 16.3 Å². The molecular weight excluding hydrogens is 432 g/mol. The maximum absolute atomic E-state index is 12.9. The average molecular weight is 467 g/mol. The van der Waals surface area contributed by atoms with Gasteiger partial charge in [-0.3, -0.25) is 0 Å². The number of nitrogens with one attached hydrogen (secondary N) is 1. The molecule has 1 aromatic carbocycles. The standard InChI is InChI=1S/C26H34N4O4/c1-18-2-5-22(27-26(32)30-7-6-20(17-30)19-3-4-19)16-23(18)21-14-24(29-8-11-33-12-9-29)28-25(15-21)34-13-10-31/h2,5,14-16,19-20,31H,3-4,6-13,17H2,1H3,(H,27,32)/t20-/m1/s1. The van der Waals surface area contributed by atoms with E-state index in [0.29, 0.717) is 25.0 Å². The summed E-state index contributed by atoms with van der Waals surface area (Å²) in [6.45, 7) is 6.74. The molecule has 3 fully saturated rings. The van der Waals surface area contributed by atoms with E-state index >= 15 is 0 Å². The molecule has 0 spiro atoms. The van der Waals surface area contributed by atoms with Gasteiger partial charge >= 0.3 is 6.03 Å². The topological polar surface area (TPSA) is 87.2 Å². The number of carbonyl (C=O) groups excluding carboxylic acids is 1. The Morgan fingerprint density at radius 1 is 1.15 bits per heavy atom. The molecular formula is C26H34N4O4. The van der Waals surface area contributed by atoms with Crippen molar-refractivity contribution in [1.82, 2.24) is 9.88 Å². The Morgan fingerprint density at radius 3 is 2.74 bits per heavy atom. The van der Waals surface area contributed by atoms with Crippen molar-refractivity contribution in [3.05, 3.63) is 35.9 Å². The average Bonchev–Trinajstić information content (AvgIpc) is 3.60. The summed E-state index contributed by atoms with van der Waals surface area (Å²) in [6.07, 6.45) is 3.77. The minimum absolute atomic E-state index is 0.0198. The SMILES string of the molecule is Cc1ccc(NC(=O)N2CC[C@@H](C3CC3)C2)cc1-c1cc(OCCO)nc(N2CCOCC2)c1. The van der Waals surface area contributed by atoms with Crippen LogP contribution in [0.3, 0.4) is 0 Å². The molecule has 8 heteroatoms. The first kappa shape index (κ1) is 22.9. The zero-order valence-corrected chi connectivity index (χ0v) is 19.8. The molecule has 1 aliphatic carbocycles. The molecule has 2 aliphatic heterocycles. The molecule has 0 radical (unpaired) electrons. The van der Waals surface area contributed by atoms with E-state index in [9.17, 15) is 9.90 Å². The van der Waals surface area contributed by atoms with E-state index in [4.69, 9.17) is 9.47 Å². The van der Waals surface area contributed by atoms with Gasteiger partial charge in [-0.2, -0.15) is 4.98 Å². The number of hydrogen-bond acceptors (Lipinski definition) is 6. The summed E-state index contributed by atoms with van der Waals surface area (Å²) in [4.78, 5) is 21.7. The maximum atomic E-state index is 12.9. The van der Waals surface area contributed by atoms with Gasteiger partial charge in [0.15, 0.2) is 0 Å². The van der Waals surface area contributed by atoms with Crippen LogP contribution in [0.5, 0.6) is 5.88 Å². The number of urea groups is 1. The number of rotatable bonds is 7. The molecule has 3 aliphatic rings. The van der Waals surface area contributed by atoms with Gasteiger partial charge in [0.25, 0.3) is 0 Å². The number of carbonyl (C=O) groups is 1. The molecule has 0 bridgehead atoms. The highest BCUT2D eigenvalue weighted by Crippen LogP contribution is 2.41. The van der Waals surface area contributed by atoms with Crippen molar-refractivity contribution >= 4 is 17.5 Å². The second kappa shape index (κ2) is 10.2. The third kappa shape index (κ3) is 5.28. The van der Waals surface area contributed by atoms with Crippen molar-refractivity contribution in [3.63, 3.8) is 0 Å². The van der Waals surface area contributed by atoms with Crippen molar-refractivity contribution in [2.45, 2.75) is 26.2 Å². The van der Waals surface area contributed by atoms with E-state index in [-0.39, 0.29) is 19.2 Å². The molecule has 2 aromatic rings. The molecule has 2 amide bonds. The summed E-state index contributed by atoms with van der Waals surface area (Å²) in [5.74, 6) is 2.81. The molecule has 5 rings (SSSR count).